The highest BCUT2D eigenvalue weighted by Crippen LogP contribution is 2.07. The van der Waals surface area contributed by atoms with Crippen molar-refractivity contribution in [3.63, 3.8) is 0 Å². The summed E-state index contributed by atoms with van der Waals surface area (Å²) < 4.78 is 5.53. The summed E-state index contributed by atoms with van der Waals surface area (Å²) in [6.07, 6.45) is 0.273. The number of aliphatic hydroxyl groups is 1. The smallest absolute Gasteiger partial charge is 0.0810 e. The van der Waals surface area contributed by atoms with Crippen molar-refractivity contribution in [2.24, 2.45) is 0 Å². The fourth-order valence-electron chi connectivity index (χ4n) is 1.24. The number of hydrogen-bond acceptors (Lipinski definition) is 2. The average molecular weight is 194 g/mol. The lowest BCUT2D eigenvalue weighted by Gasteiger charge is -2.17. The van der Waals surface area contributed by atoms with Crippen molar-refractivity contribution in [2.75, 3.05) is 0 Å². The van der Waals surface area contributed by atoms with Crippen LogP contribution >= 0.6 is 0 Å². The molecule has 2 nitrogen and oxygen atoms in total. The number of ether oxygens (including phenoxy) is 1. The molecular formula is C12H18O2. The highest BCUT2D eigenvalue weighted by Gasteiger charge is 2.11. The minimum atomic E-state index is -0.362. The third-order valence-electron chi connectivity index (χ3n) is 2.32. The topological polar surface area (TPSA) is 29.5 Å². The van der Waals surface area contributed by atoms with Gasteiger partial charge in [0.25, 0.3) is 0 Å². The largest absolute Gasteiger partial charge is 0.390 e. The zero-order valence-corrected chi connectivity index (χ0v) is 8.81. The highest BCUT2D eigenvalue weighted by molar-refractivity contribution is 5.13. The maximum atomic E-state index is 9.48. The van der Waals surface area contributed by atoms with Gasteiger partial charge >= 0.3 is 0 Å². The molecule has 0 aliphatic carbocycles. The molecule has 0 spiro atoms. The summed E-state index contributed by atoms with van der Waals surface area (Å²) in [5.74, 6) is 0. The van der Waals surface area contributed by atoms with Gasteiger partial charge in [-0.1, -0.05) is 37.3 Å². The van der Waals surface area contributed by atoms with Crippen molar-refractivity contribution >= 4 is 0 Å². The summed E-state index contributed by atoms with van der Waals surface area (Å²) in [7, 11) is 0. The molecule has 0 aliphatic heterocycles. The van der Waals surface area contributed by atoms with Crippen LogP contribution in [0.15, 0.2) is 30.3 Å². The van der Waals surface area contributed by atoms with Gasteiger partial charge in [0.15, 0.2) is 0 Å². The van der Waals surface area contributed by atoms with E-state index in [-0.39, 0.29) is 12.2 Å². The van der Waals surface area contributed by atoms with Crippen molar-refractivity contribution in [2.45, 2.75) is 39.1 Å². The van der Waals surface area contributed by atoms with Crippen molar-refractivity contribution in [1.82, 2.24) is 0 Å². The lowest BCUT2D eigenvalue weighted by molar-refractivity contribution is -0.0360. The predicted molar refractivity (Wildman–Crippen MR) is 57.0 cm³/mol. The molecule has 0 radical (unpaired) electrons. The Morgan fingerprint density at radius 3 is 2.50 bits per heavy atom. The molecule has 2 unspecified atom stereocenters. The molecule has 1 aromatic rings. The Hall–Kier alpha value is -0.860. The van der Waals surface area contributed by atoms with Crippen molar-refractivity contribution in [3.05, 3.63) is 35.9 Å². The minimum Gasteiger partial charge on any atom is -0.390 e. The quantitative estimate of drug-likeness (QED) is 0.779. The van der Waals surface area contributed by atoms with E-state index in [9.17, 15) is 5.11 Å². The van der Waals surface area contributed by atoms with Gasteiger partial charge in [-0.25, -0.2) is 0 Å². The molecule has 1 aromatic carbocycles. The SMILES string of the molecule is CCC(O)C(C)OCc1ccccc1. The second kappa shape index (κ2) is 5.78. The van der Waals surface area contributed by atoms with Crippen LogP contribution in [-0.2, 0) is 11.3 Å². The van der Waals surface area contributed by atoms with E-state index in [1.807, 2.05) is 44.2 Å². The Morgan fingerprint density at radius 2 is 1.93 bits per heavy atom. The van der Waals surface area contributed by atoms with Crippen LogP contribution < -0.4 is 0 Å². The lowest BCUT2D eigenvalue weighted by atomic mass is 10.2. The molecule has 0 amide bonds. The lowest BCUT2D eigenvalue weighted by Crippen LogP contribution is -2.24. The monoisotopic (exact) mass is 194 g/mol. The summed E-state index contributed by atoms with van der Waals surface area (Å²) in [6, 6.07) is 9.99. The molecule has 14 heavy (non-hydrogen) atoms. The third-order valence-corrected chi connectivity index (χ3v) is 2.32. The van der Waals surface area contributed by atoms with Gasteiger partial charge in [-0.2, -0.15) is 0 Å². The van der Waals surface area contributed by atoms with Crippen molar-refractivity contribution in [3.8, 4) is 0 Å². The van der Waals surface area contributed by atoms with Gasteiger partial charge in [0.1, 0.15) is 0 Å². The second-order valence-electron chi connectivity index (χ2n) is 3.48. The molecule has 0 aromatic heterocycles. The second-order valence-corrected chi connectivity index (χ2v) is 3.48. The molecule has 0 saturated heterocycles. The van der Waals surface area contributed by atoms with E-state index < -0.39 is 0 Å². The van der Waals surface area contributed by atoms with Gasteiger partial charge in [0.2, 0.25) is 0 Å². The summed E-state index contributed by atoms with van der Waals surface area (Å²) in [5.41, 5.74) is 1.14. The van der Waals surface area contributed by atoms with Gasteiger partial charge in [0, 0.05) is 0 Å². The van der Waals surface area contributed by atoms with Crippen LogP contribution in [0.2, 0.25) is 0 Å². The van der Waals surface area contributed by atoms with E-state index in [4.69, 9.17) is 4.74 Å². The zero-order chi connectivity index (χ0) is 10.4. The van der Waals surface area contributed by atoms with Crippen LogP contribution in [0, 0.1) is 0 Å². The van der Waals surface area contributed by atoms with Crippen LogP contribution in [0.25, 0.3) is 0 Å². The first-order valence-electron chi connectivity index (χ1n) is 5.07. The first kappa shape index (κ1) is 11.2. The molecule has 0 aliphatic rings. The zero-order valence-electron chi connectivity index (χ0n) is 8.81. The number of benzene rings is 1. The predicted octanol–water partition coefficient (Wildman–Crippen LogP) is 2.36. The summed E-state index contributed by atoms with van der Waals surface area (Å²) in [4.78, 5) is 0. The molecule has 1 rings (SSSR count). The van der Waals surface area contributed by atoms with Gasteiger partial charge in [-0.15, -0.1) is 0 Å². The Labute approximate surface area is 85.5 Å². The Balaban J connectivity index is 2.34. The first-order valence-corrected chi connectivity index (χ1v) is 5.07. The Kier molecular flexibility index (Phi) is 4.63. The van der Waals surface area contributed by atoms with Crippen molar-refractivity contribution < 1.29 is 9.84 Å². The molecular weight excluding hydrogens is 176 g/mol. The van der Waals surface area contributed by atoms with Gasteiger partial charge in [0.05, 0.1) is 18.8 Å². The maximum absolute atomic E-state index is 9.48. The van der Waals surface area contributed by atoms with Gasteiger partial charge in [-0.05, 0) is 18.9 Å². The average Bonchev–Trinajstić information content (AvgIpc) is 2.26. The third kappa shape index (κ3) is 3.48. The van der Waals surface area contributed by atoms with E-state index in [0.29, 0.717) is 6.61 Å². The van der Waals surface area contributed by atoms with E-state index in [1.165, 1.54) is 0 Å². The van der Waals surface area contributed by atoms with Crippen LogP contribution in [0.5, 0.6) is 0 Å². The summed E-state index contributed by atoms with van der Waals surface area (Å²) in [6.45, 7) is 4.42. The first-order chi connectivity index (χ1) is 6.74. The van der Waals surface area contributed by atoms with Crippen LogP contribution in [0.1, 0.15) is 25.8 Å². The Morgan fingerprint density at radius 1 is 1.29 bits per heavy atom. The minimum absolute atomic E-state index is 0.0970. The number of hydrogen-bond donors (Lipinski definition) is 1. The molecule has 78 valence electrons. The van der Waals surface area contributed by atoms with E-state index in [2.05, 4.69) is 0 Å². The normalized spacial score (nSPS) is 15.1. The molecule has 0 fully saturated rings. The number of rotatable bonds is 5. The fourth-order valence-corrected chi connectivity index (χ4v) is 1.24. The van der Waals surface area contributed by atoms with E-state index >= 15 is 0 Å². The maximum Gasteiger partial charge on any atom is 0.0810 e. The molecule has 2 heteroatoms. The van der Waals surface area contributed by atoms with E-state index in [0.717, 1.165) is 12.0 Å². The van der Waals surface area contributed by atoms with Crippen molar-refractivity contribution in [1.29, 1.82) is 0 Å². The van der Waals surface area contributed by atoms with Gasteiger partial charge < -0.3 is 9.84 Å². The van der Waals surface area contributed by atoms with Crippen LogP contribution in [-0.4, -0.2) is 17.3 Å². The standard InChI is InChI=1S/C12H18O2/c1-3-12(13)10(2)14-9-11-7-5-4-6-8-11/h4-8,10,12-13H,3,9H2,1-2H3. The molecule has 0 heterocycles. The van der Waals surface area contributed by atoms with Crippen LogP contribution in [0.4, 0.5) is 0 Å². The highest BCUT2D eigenvalue weighted by atomic mass is 16.5. The number of aliphatic hydroxyl groups excluding tert-OH is 1. The summed E-state index contributed by atoms with van der Waals surface area (Å²) in [5, 5.41) is 9.48. The Bertz CT molecular complexity index is 246. The van der Waals surface area contributed by atoms with Crippen LogP contribution in [0.3, 0.4) is 0 Å². The summed E-state index contributed by atoms with van der Waals surface area (Å²) >= 11 is 0. The molecule has 1 N–H and O–H groups in total. The van der Waals surface area contributed by atoms with E-state index in [1.54, 1.807) is 0 Å². The molecule has 0 bridgehead atoms. The molecule has 2 atom stereocenters. The van der Waals surface area contributed by atoms with Gasteiger partial charge in [-0.3, -0.25) is 0 Å². The molecule has 0 saturated carbocycles. The fraction of sp³-hybridized carbons (Fsp3) is 0.500.